The van der Waals surface area contributed by atoms with Gasteiger partial charge in [0.15, 0.2) is 0 Å². The Morgan fingerprint density at radius 1 is 1.17 bits per heavy atom. The quantitative estimate of drug-likeness (QED) is 0.413. The molecule has 1 N–H and O–H groups in total. The van der Waals surface area contributed by atoms with Gasteiger partial charge in [-0.25, -0.2) is 0 Å². The molecule has 158 valence electrons. The fourth-order valence-electron chi connectivity index (χ4n) is 3.59. The Bertz CT molecular complexity index is 969. The number of methoxy groups -OCH3 is 1. The van der Waals surface area contributed by atoms with E-state index < -0.39 is 17.7 Å². The molecule has 7 heteroatoms. The highest BCUT2D eigenvalue weighted by molar-refractivity contribution is 6.46. The molecule has 1 saturated heterocycles. The number of carbonyl (C=O) groups excluding carboxylic acids is 2. The summed E-state index contributed by atoms with van der Waals surface area (Å²) in [5.74, 6) is -0.983. The second-order valence-electron chi connectivity index (χ2n) is 7.43. The summed E-state index contributed by atoms with van der Waals surface area (Å²) in [6, 6.07) is 13.1. The lowest BCUT2D eigenvalue weighted by Crippen LogP contribution is -2.32. The molecule has 0 radical (unpaired) electrons. The summed E-state index contributed by atoms with van der Waals surface area (Å²) in [5, 5.41) is 11.6. The summed E-state index contributed by atoms with van der Waals surface area (Å²) in [4.78, 5) is 29.4. The maximum Gasteiger partial charge on any atom is 0.295 e. The molecule has 1 aliphatic rings. The van der Waals surface area contributed by atoms with Gasteiger partial charge in [0.1, 0.15) is 11.5 Å². The Morgan fingerprint density at radius 2 is 1.87 bits per heavy atom. The van der Waals surface area contributed by atoms with Crippen molar-refractivity contribution in [1.29, 1.82) is 0 Å². The molecule has 1 heterocycles. The summed E-state index contributed by atoms with van der Waals surface area (Å²) in [7, 11) is 5.43. The van der Waals surface area contributed by atoms with Gasteiger partial charge in [-0.3, -0.25) is 9.59 Å². The number of aliphatic hydroxyl groups excluding tert-OH is 1. The highest BCUT2D eigenvalue weighted by atomic mass is 35.5. The van der Waals surface area contributed by atoms with Crippen molar-refractivity contribution in [2.24, 2.45) is 0 Å². The molecular formula is C23H25ClN2O4. The van der Waals surface area contributed by atoms with Crippen molar-refractivity contribution in [3.05, 3.63) is 70.3 Å². The van der Waals surface area contributed by atoms with Crippen molar-refractivity contribution in [2.45, 2.75) is 12.5 Å². The molecule has 1 fully saturated rings. The lowest BCUT2D eigenvalue weighted by molar-refractivity contribution is -0.139. The molecule has 3 rings (SSSR count). The number of hydrogen-bond acceptors (Lipinski definition) is 5. The number of halogens is 1. The summed E-state index contributed by atoms with van der Waals surface area (Å²) in [5.41, 5.74) is 1.20. The number of aliphatic hydroxyl groups is 1. The van der Waals surface area contributed by atoms with E-state index in [4.69, 9.17) is 16.3 Å². The van der Waals surface area contributed by atoms with Crippen molar-refractivity contribution in [3.63, 3.8) is 0 Å². The number of hydrogen-bond donors (Lipinski definition) is 1. The molecule has 0 spiro atoms. The number of amides is 1. The third-order valence-electron chi connectivity index (χ3n) is 5.07. The Kier molecular flexibility index (Phi) is 6.80. The Balaban J connectivity index is 2.09. The summed E-state index contributed by atoms with van der Waals surface area (Å²) >= 11 is 6.03. The number of nitrogens with zero attached hydrogens (tertiary/aromatic N) is 2. The molecular weight excluding hydrogens is 404 g/mol. The lowest BCUT2D eigenvalue weighted by atomic mass is 9.95. The molecule has 0 aromatic heterocycles. The number of benzene rings is 2. The van der Waals surface area contributed by atoms with Crippen LogP contribution in [0.3, 0.4) is 0 Å². The van der Waals surface area contributed by atoms with Crippen LogP contribution in [-0.2, 0) is 9.59 Å². The summed E-state index contributed by atoms with van der Waals surface area (Å²) < 4.78 is 5.22. The predicted molar refractivity (Wildman–Crippen MR) is 117 cm³/mol. The van der Waals surface area contributed by atoms with Crippen LogP contribution in [0.25, 0.3) is 5.76 Å². The van der Waals surface area contributed by atoms with Gasteiger partial charge in [0.2, 0.25) is 0 Å². The van der Waals surface area contributed by atoms with Crippen molar-refractivity contribution in [2.75, 3.05) is 34.3 Å². The van der Waals surface area contributed by atoms with Crippen LogP contribution in [0.5, 0.6) is 5.75 Å². The largest absolute Gasteiger partial charge is 0.507 e. The first kappa shape index (κ1) is 21.9. The molecule has 0 unspecified atom stereocenters. The number of rotatable bonds is 7. The zero-order valence-electron chi connectivity index (χ0n) is 17.3. The maximum atomic E-state index is 13.0. The highest BCUT2D eigenvalue weighted by Crippen LogP contribution is 2.40. The molecule has 0 saturated carbocycles. The normalized spacial score (nSPS) is 18.3. The zero-order chi connectivity index (χ0) is 21.8. The van der Waals surface area contributed by atoms with Gasteiger partial charge in [0.05, 0.1) is 18.7 Å². The van der Waals surface area contributed by atoms with E-state index in [2.05, 4.69) is 0 Å². The van der Waals surface area contributed by atoms with Crippen LogP contribution < -0.4 is 4.74 Å². The highest BCUT2D eigenvalue weighted by Gasteiger charge is 2.45. The van der Waals surface area contributed by atoms with Crippen LogP contribution in [0.2, 0.25) is 5.02 Å². The minimum atomic E-state index is -0.694. The molecule has 6 nitrogen and oxygen atoms in total. The van der Waals surface area contributed by atoms with Crippen LogP contribution in [0, 0.1) is 0 Å². The minimum Gasteiger partial charge on any atom is -0.507 e. The maximum absolute atomic E-state index is 13.0. The van der Waals surface area contributed by atoms with Gasteiger partial charge in [-0.1, -0.05) is 35.9 Å². The second-order valence-corrected chi connectivity index (χ2v) is 7.87. The third kappa shape index (κ3) is 4.50. The lowest BCUT2D eigenvalue weighted by Gasteiger charge is -2.26. The molecule has 2 aromatic carbocycles. The molecule has 30 heavy (non-hydrogen) atoms. The van der Waals surface area contributed by atoms with Gasteiger partial charge in [-0.2, -0.15) is 0 Å². The first-order valence-electron chi connectivity index (χ1n) is 9.66. The smallest absolute Gasteiger partial charge is 0.295 e. The van der Waals surface area contributed by atoms with Gasteiger partial charge in [0.25, 0.3) is 11.7 Å². The fraction of sp³-hybridized carbons (Fsp3) is 0.304. The Morgan fingerprint density at radius 3 is 2.50 bits per heavy atom. The number of Topliss-reactive ketones (excluding diaryl/α,β-unsaturated/α-hetero) is 1. The van der Waals surface area contributed by atoms with E-state index in [9.17, 15) is 14.7 Å². The first-order chi connectivity index (χ1) is 14.3. The monoisotopic (exact) mass is 428 g/mol. The van der Waals surface area contributed by atoms with Crippen molar-refractivity contribution >= 4 is 29.1 Å². The van der Waals surface area contributed by atoms with Gasteiger partial charge < -0.3 is 19.6 Å². The molecule has 0 bridgehead atoms. The van der Waals surface area contributed by atoms with E-state index in [1.165, 1.54) is 12.0 Å². The average Bonchev–Trinajstić information content (AvgIpc) is 2.98. The van der Waals surface area contributed by atoms with E-state index in [0.29, 0.717) is 34.9 Å². The topological polar surface area (TPSA) is 70.1 Å². The van der Waals surface area contributed by atoms with E-state index in [-0.39, 0.29) is 11.3 Å². The van der Waals surface area contributed by atoms with Crippen LogP contribution in [0.4, 0.5) is 0 Å². The van der Waals surface area contributed by atoms with Crippen LogP contribution in [0.1, 0.15) is 23.6 Å². The number of carbonyl (C=O) groups is 2. The van der Waals surface area contributed by atoms with Crippen molar-refractivity contribution < 1.29 is 19.4 Å². The second kappa shape index (κ2) is 9.32. The Hall–Kier alpha value is -2.83. The van der Waals surface area contributed by atoms with E-state index >= 15 is 0 Å². The molecule has 2 aromatic rings. The first-order valence-corrected chi connectivity index (χ1v) is 10.0. The van der Waals surface area contributed by atoms with Crippen LogP contribution in [-0.4, -0.2) is 60.9 Å². The summed E-state index contributed by atoms with van der Waals surface area (Å²) in [6.45, 7) is 1.16. The average molecular weight is 429 g/mol. The SMILES string of the molecule is COc1cccc(C(O)=C2C(=O)C(=O)N(CCCN(C)C)[C@@H]2c2ccc(Cl)cc2)c1. The number of ether oxygens (including phenoxy) is 1. The minimum absolute atomic E-state index is 0.0698. The van der Waals surface area contributed by atoms with Crippen molar-refractivity contribution in [3.8, 4) is 5.75 Å². The van der Waals surface area contributed by atoms with Gasteiger partial charge >= 0.3 is 0 Å². The summed E-state index contributed by atoms with van der Waals surface area (Å²) in [6.07, 6.45) is 0.698. The third-order valence-corrected chi connectivity index (χ3v) is 5.33. The molecule has 1 aliphatic heterocycles. The Labute approximate surface area is 181 Å². The fourth-order valence-corrected chi connectivity index (χ4v) is 3.71. The van der Waals surface area contributed by atoms with Crippen LogP contribution >= 0.6 is 11.6 Å². The van der Waals surface area contributed by atoms with E-state index in [1.807, 2.05) is 19.0 Å². The molecule has 1 atom stereocenters. The van der Waals surface area contributed by atoms with Crippen LogP contribution in [0.15, 0.2) is 54.1 Å². The van der Waals surface area contributed by atoms with Crippen molar-refractivity contribution in [1.82, 2.24) is 9.80 Å². The number of likely N-dealkylation sites (tertiary alicyclic amines) is 1. The standard InChI is InChI=1S/C23H25ClN2O4/c1-25(2)12-5-13-26-20(15-8-10-17(24)11-9-15)19(22(28)23(26)29)21(27)16-6-4-7-18(14-16)30-3/h4,6-11,14,20,27H,5,12-13H2,1-3H3/t20-/m1/s1. The number of ketones is 1. The molecule has 0 aliphatic carbocycles. The predicted octanol–water partition coefficient (Wildman–Crippen LogP) is 3.72. The molecule has 1 amide bonds. The van der Waals surface area contributed by atoms with E-state index in [0.717, 1.165) is 6.54 Å². The van der Waals surface area contributed by atoms with Gasteiger partial charge in [-0.05, 0) is 56.9 Å². The van der Waals surface area contributed by atoms with Gasteiger partial charge in [0, 0.05) is 17.1 Å². The van der Waals surface area contributed by atoms with E-state index in [1.54, 1.807) is 48.5 Å². The van der Waals surface area contributed by atoms with Gasteiger partial charge in [-0.15, -0.1) is 0 Å². The zero-order valence-corrected chi connectivity index (χ0v) is 18.0.